The van der Waals surface area contributed by atoms with Crippen molar-refractivity contribution < 1.29 is 19.4 Å². The van der Waals surface area contributed by atoms with Gasteiger partial charge in [0.15, 0.2) is 29.2 Å². The number of hydrogen-bond acceptors (Lipinski definition) is 13. The normalized spacial score (nSPS) is 22.1. The minimum atomic E-state index is -1.19. The van der Waals surface area contributed by atoms with Crippen LogP contribution in [0.3, 0.4) is 0 Å². The molecule has 6 N–H and O–H groups in total. The number of fused-ring (bicyclic) bond motifs is 2. The summed E-state index contributed by atoms with van der Waals surface area (Å²) in [6.07, 6.45) is 3.61. The Bertz CT molecular complexity index is 1480. The first-order valence-electron chi connectivity index (χ1n) is 11.2. The topological polar surface area (TPSA) is 200 Å². The van der Waals surface area contributed by atoms with E-state index in [-0.39, 0.29) is 12.4 Å². The molecule has 15 heteroatoms. The van der Waals surface area contributed by atoms with Gasteiger partial charge in [-0.2, -0.15) is 0 Å². The van der Waals surface area contributed by atoms with Crippen molar-refractivity contribution in [3.05, 3.63) is 49.5 Å². The van der Waals surface area contributed by atoms with E-state index in [1.165, 1.54) is 19.0 Å². The maximum Gasteiger partial charge on any atom is 0.167 e. The fourth-order valence-corrected chi connectivity index (χ4v) is 4.22. The van der Waals surface area contributed by atoms with Crippen LogP contribution in [0.5, 0.6) is 0 Å². The number of rotatable bonds is 8. The number of nitrogens with one attached hydrogen (secondary N) is 2. The zero-order valence-electron chi connectivity index (χ0n) is 18.8. The molecule has 5 aromatic heterocycles. The van der Waals surface area contributed by atoms with Gasteiger partial charge in [-0.25, -0.2) is 29.9 Å². The molecule has 0 radical (unpaired) electrons. The monoisotopic (exact) mass is 493 g/mol. The molecule has 4 atom stereocenters. The summed E-state index contributed by atoms with van der Waals surface area (Å²) in [6, 6.07) is 3.69. The number of aliphatic hydroxyl groups is 2. The Morgan fingerprint density at radius 1 is 0.972 bits per heavy atom. The van der Waals surface area contributed by atoms with Crippen molar-refractivity contribution in [3.63, 3.8) is 0 Å². The molecule has 1 aliphatic rings. The van der Waals surface area contributed by atoms with Gasteiger partial charge < -0.3 is 35.0 Å². The second-order valence-electron chi connectivity index (χ2n) is 8.28. The van der Waals surface area contributed by atoms with Crippen LogP contribution in [0.15, 0.2) is 48.1 Å². The van der Waals surface area contributed by atoms with E-state index in [0.717, 1.165) is 5.76 Å². The molecule has 0 amide bonds. The van der Waals surface area contributed by atoms with Crippen LogP contribution in [0.4, 0.5) is 11.6 Å². The lowest BCUT2D eigenvalue weighted by molar-refractivity contribution is -0.0345. The second-order valence-corrected chi connectivity index (χ2v) is 8.28. The van der Waals surface area contributed by atoms with Gasteiger partial charge in [-0.15, -0.1) is 0 Å². The van der Waals surface area contributed by atoms with Crippen molar-refractivity contribution in [1.29, 1.82) is 0 Å². The van der Waals surface area contributed by atoms with Gasteiger partial charge in [0.1, 0.15) is 47.8 Å². The first-order valence-corrected chi connectivity index (χ1v) is 11.2. The first kappa shape index (κ1) is 22.3. The lowest BCUT2D eigenvalue weighted by Crippen LogP contribution is -2.38. The fraction of sp³-hybridized carbons (Fsp3) is 0.333. The van der Waals surface area contributed by atoms with E-state index in [1.54, 1.807) is 17.2 Å². The summed E-state index contributed by atoms with van der Waals surface area (Å²) in [5.74, 6) is 1.59. The molecule has 1 fully saturated rings. The van der Waals surface area contributed by atoms with Gasteiger partial charge in [-0.3, -0.25) is 9.88 Å². The molecule has 15 nitrogen and oxygen atoms in total. The summed E-state index contributed by atoms with van der Waals surface area (Å²) in [5, 5.41) is 27.6. The highest BCUT2D eigenvalue weighted by atomic mass is 16.6. The third kappa shape index (κ3) is 3.89. The highest BCUT2D eigenvalue weighted by Gasteiger charge is 2.44. The molecule has 1 aliphatic heterocycles. The Morgan fingerprint density at radius 2 is 1.81 bits per heavy atom. The zero-order chi connectivity index (χ0) is 24.6. The third-order valence-corrected chi connectivity index (χ3v) is 6.04. The highest BCUT2D eigenvalue weighted by Crippen LogP contribution is 2.31. The van der Waals surface area contributed by atoms with Crippen molar-refractivity contribution >= 4 is 34.0 Å². The molecule has 0 aliphatic carbocycles. The molecule has 6 heterocycles. The van der Waals surface area contributed by atoms with Crippen LogP contribution in [0.1, 0.15) is 12.0 Å². The van der Waals surface area contributed by atoms with Gasteiger partial charge in [0, 0.05) is 6.54 Å². The molecular formula is C21H23N11O4. The Labute approximate surface area is 203 Å². The maximum absolute atomic E-state index is 10.6. The van der Waals surface area contributed by atoms with E-state index < -0.39 is 24.5 Å². The number of imidazole rings is 2. The summed E-state index contributed by atoms with van der Waals surface area (Å²) in [6.45, 7) is 1.07. The molecule has 0 bridgehead atoms. The number of anilines is 2. The number of ether oxygens (including phenoxy) is 1. The Balaban J connectivity index is 1.11. The average Bonchev–Trinajstić information content (AvgIpc) is 3.68. The summed E-state index contributed by atoms with van der Waals surface area (Å²) in [5.41, 5.74) is 7.90. The lowest BCUT2D eigenvalue weighted by atomic mass is 10.1. The largest absolute Gasteiger partial charge is 0.467 e. The SMILES string of the molecule is Nc1ncnc2c1ncn2C1OC(CNCn2cnc3c(NCc4ccco4)ncnc32)C(O)C1O. The second kappa shape index (κ2) is 9.12. The third-order valence-electron chi connectivity index (χ3n) is 6.04. The van der Waals surface area contributed by atoms with Gasteiger partial charge in [0.05, 0.1) is 32.1 Å². The lowest BCUT2D eigenvalue weighted by Gasteiger charge is -2.16. The van der Waals surface area contributed by atoms with Crippen molar-refractivity contribution in [2.75, 3.05) is 17.6 Å². The smallest absolute Gasteiger partial charge is 0.167 e. The first-order chi connectivity index (χ1) is 17.6. The van der Waals surface area contributed by atoms with E-state index in [2.05, 4.69) is 40.5 Å². The van der Waals surface area contributed by atoms with Gasteiger partial charge in [0.25, 0.3) is 0 Å². The number of hydrogen-bond donors (Lipinski definition) is 5. The number of nitrogen functional groups attached to an aromatic ring is 1. The molecule has 0 aromatic carbocycles. The van der Waals surface area contributed by atoms with Crippen LogP contribution in [-0.2, 0) is 18.0 Å². The molecule has 186 valence electrons. The van der Waals surface area contributed by atoms with Crippen molar-refractivity contribution in [3.8, 4) is 0 Å². The van der Waals surface area contributed by atoms with E-state index in [1.807, 2.05) is 16.7 Å². The van der Waals surface area contributed by atoms with Crippen LogP contribution in [0.25, 0.3) is 22.3 Å². The molecule has 0 spiro atoms. The summed E-state index contributed by atoms with van der Waals surface area (Å²) >= 11 is 0. The van der Waals surface area contributed by atoms with E-state index >= 15 is 0 Å². The summed E-state index contributed by atoms with van der Waals surface area (Å²) in [4.78, 5) is 25.3. The predicted octanol–water partition coefficient (Wildman–Crippen LogP) is -0.380. The number of nitrogens with two attached hydrogens (primary N) is 1. The van der Waals surface area contributed by atoms with E-state index in [4.69, 9.17) is 14.9 Å². The zero-order valence-corrected chi connectivity index (χ0v) is 18.8. The Hall–Kier alpha value is -4.18. The van der Waals surface area contributed by atoms with Gasteiger partial charge in [-0.05, 0) is 12.1 Å². The summed E-state index contributed by atoms with van der Waals surface area (Å²) < 4.78 is 14.7. The number of furan rings is 1. The van der Waals surface area contributed by atoms with Gasteiger partial charge in [-0.1, -0.05) is 0 Å². The average molecular weight is 493 g/mol. The Morgan fingerprint density at radius 3 is 2.67 bits per heavy atom. The van der Waals surface area contributed by atoms with Crippen LogP contribution in [0.2, 0.25) is 0 Å². The quantitative estimate of drug-likeness (QED) is 0.187. The van der Waals surface area contributed by atoms with Crippen LogP contribution >= 0.6 is 0 Å². The van der Waals surface area contributed by atoms with Crippen LogP contribution in [-0.4, -0.2) is 74.1 Å². The van der Waals surface area contributed by atoms with Crippen molar-refractivity contribution in [2.24, 2.45) is 0 Å². The highest BCUT2D eigenvalue weighted by molar-refractivity contribution is 5.82. The minimum Gasteiger partial charge on any atom is -0.467 e. The number of aliphatic hydroxyl groups excluding tert-OH is 2. The van der Waals surface area contributed by atoms with E-state index in [9.17, 15) is 10.2 Å². The molecular weight excluding hydrogens is 470 g/mol. The van der Waals surface area contributed by atoms with Crippen molar-refractivity contribution in [2.45, 2.75) is 37.8 Å². The molecule has 4 unspecified atom stereocenters. The molecule has 5 aromatic rings. The van der Waals surface area contributed by atoms with Gasteiger partial charge in [0.2, 0.25) is 0 Å². The predicted molar refractivity (Wildman–Crippen MR) is 125 cm³/mol. The number of aromatic nitrogens is 8. The minimum absolute atomic E-state index is 0.223. The van der Waals surface area contributed by atoms with Crippen molar-refractivity contribution in [1.82, 2.24) is 44.4 Å². The standard InChI is InChI=1S/C21H23N11O4/c22-17-13-20(28-6-25-17)32(10-30-13)21-16(34)15(33)12(36-21)5-23-8-31-9-29-14-18(26-7-27-19(14)31)24-4-11-2-1-3-35-11/h1-3,6-7,9-10,12,15-16,21,23,33-34H,4-5,8H2,(H2,22,25,28)(H,24,26,27). The number of nitrogens with zero attached hydrogens (tertiary/aromatic N) is 8. The van der Waals surface area contributed by atoms with Crippen LogP contribution in [0, 0.1) is 0 Å². The Kier molecular flexibility index (Phi) is 5.65. The molecule has 1 saturated heterocycles. The maximum atomic E-state index is 10.6. The van der Waals surface area contributed by atoms with E-state index in [0.29, 0.717) is 41.4 Å². The molecule has 6 rings (SSSR count). The fourth-order valence-electron chi connectivity index (χ4n) is 4.22. The summed E-state index contributed by atoms with van der Waals surface area (Å²) in [7, 11) is 0. The molecule has 36 heavy (non-hydrogen) atoms. The van der Waals surface area contributed by atoms with Gasteiger partial charge >= 0.3 is 0 Å². The van der Waals surface area contributed by atoms with Crippen LogP contribution < -0.4 is 16.4 Å². The molecule has 0 saturated carbocycles.